The molecule has 20 heavy (non-hydrogen) atoms. The number of benzene rings is 1. The Morgan fingerprint density at radius 1 is 1.45 bits per heavy atom. The summed E-state index contributed by atoms with van der Waals surface area (Å²) in [7, 11) is 0. The van der Waals surface area contributed by atoms with E-state index in [1.54, 1.807) is 12.1 Å². The lowest BCUT2D eigenvalue weighted by molar-refractivity contribution is -0.763. The van der Waals surface area contributed by atoms with E-state index in [0.717, 1.165) is 0 Å². The van der Waals surface area contributed by atoms with Crippen molar-refractivity contribution in [3.05, 3.63) is 45.5 Å². The van der Waals surface area contributed by atoms with E-state index in [2.05, 4.69) is 10.2 Å². The smallest absolute Gasteiger partial charge is 0.328 e. The number of nitrogens with one attached hydrogen (secondary N) is 1. The Bertz CT molecular complexity index is 527. The molecule has 0 aliphatic carbocycles. The minimum absolute atomic E-state index is 0.177. The van der Waals surface area contributed by atoms with Crippen molar-refractivity contribution in [2.45, 2.75) is 19.1 Å². The Morgan fingerprint density at radius 3 is 2.70 bits per heavy atom. The number of cyclic esters (lactones) is 1. The van der Waals surface area contributed by atoms with Gasteiger partial charge in [0.15, 0.2) is 0 Å². The number of nitrogens with zero attached hydrogens (tertiary/aromatic N) is 1. The fourth-order valence-electron chi connectivity index (χ4n) is 1.75. The van der Waals surface area contributed by atoms with Crippen LogP contribution < -0.4 is 5.32 Å². The van der Waals surface area contributed by atoms with Gasteiger partial charge < -0.3 is 14.9 Å². The molecule has 0 aromatic heterocycles. The summed E-state index contributed by atoms with van der Waals surface area (Å²) in [5, 5.41) is 11.7. The first-order chi connectivity index (χ1) is 9.56. The molecule has 1 N–H and O–H groups in total. The van der Waals surface area contributed by atoms with Crippen LogP contribution in [0.4, 0.5) is 0 Å². The molecule has 1 unspecified atom stereocenters. The highest BCUT2D eigenvalue weighted by atomic mass is 16.9. The van der Waals surface area contributed by atoms with Crippen LogP contribution in [-0.4, -0.2) is 29.6 Å². The summed E-state index contributed by atoms with van der Waals surface area (Å²) in [6, 6.07) is 5.50. The third-order valence-corrected chi connectivity index (χ3v) is 2.79. The first kappa shape index (κ1) is 13.8. The highest BCUT2D eigenvalue weighted by molar-refractivity contribution is 5.97. The average Bonchev–Trinajstić information content (AvgIpc) is 2.82. The van der Waals surface area contributed by atoms with E-state index in [9.17, 15) is 19.7 Å². The van der Waals surface area contributed by atoms with Crippen molar-refractivity contribution in [1.29, 1.82) is 0 Å². The van der Waals surface area contributed by atoms with E-state index in [1.165, 1.54) is 12.1 Å². The van der Waals surface area contributed by atoms with Gasteiger partial charge in [-0.2, -0.15) is 0 Å². The van der Waals surface area contributed by atoms with Crippen LogP contribution in [0.5, 0.6) is 0 Å². The van der Waals surface area contributed by atoms with Crippen molar-refractivity contribution in [3.8, 4) is 0 Å². The first-order valence-electron chi connectivity index (χ1n) is 5.90. The molecule has 2 rings (SSSR count). The maximum atomic E-state index is 11.9. The molecular weight excluding hydrogens is 268 g/mol. The number of carbonyl (C=O) groups is 2. The molecule has 0 saturated carbocycles. The molecule has 1 aromatic rings. The Balaban J connectivity index is 1.93. The molecule has 1 heterocycles. The minimum atomic E-state index is -0.883. The fourth-order valence-corrected chi connectivity index (χ4v) is 1.75. The molecule has 1 aromatic carbocycles. The second-order valence-corrected chi connectivity index (χ2v) is 4.18. The summed E-state index contributed by atoms with van der Waals surface area (Å²) in [6.45, 7) is 0.130. The van der Waals surface area contributed by atoms with Gasteiger partial charge in [0.1, 0.15) is 12.6 Å². The largest absolute Gasteiger partial charge is 0.464 e. The SMILES string of the molecule is O=C(NC1CCOC1=O)c1ccc(CO[N+](=O)[O-])cc1. The number of rotatable bonds is 5. The van der Waals surface area contributed by atoms with Gasteiger partial charge >= 0.3 is 5.97 Å². The summed E-state index contributed by atoms with van der Waals surface area (Å²) in [5.74, 6) is -0.829. The lowest BCUT2D eigenvalue weighted by atomic mass is 10.1. The van der Waals surface area contributed by atoms with Gasteiger partial charge in [0.25, 0.3) is 11.0 Å². The van der Waals surface area contributed by atoms with Crippen LogP contribution in [0.3, 0.4) is 0 Å². The van der Waals surface area contributed by atoms with Crippen molar-refractivity contribution < 1.29 is 24.3 Å². The van der Waals surface area contributed by atoms with Crippen molar-refractivity contribution >= 4 is 11.9 Å². The average molecular weight is 280 g/mol. The number of ether oxygens (including phenoxy) is 1. The van der Waals surface area contributed by atoms with Gasteiger partial charge in [0.05, 0.1) is 6.61 Å². The van der Waals surface area contributed by atoms with E-state index in [4.69, 9.17) is 4.74 Å². The zero-order valence-electron chi connectivity index (χ0n) is 10.4. The summed E-state index contributed by atoms with van der Waals surface area (Å²) >= 11 is 0. The van der Waals surface area contributed by atoms with Gasteiger partial charge in [-0.1, -0.05) is 12.1 Å². The second-order valence-electron chi connectivity index (χ2n) is 4.18. The molecule has 1 saturated heterocycles. The van der Waals surface area contributed by atoms with Crippen molar-refractivity contribution in [3.63, 3.8) is 0 Å². The van der Waals surface area contributed by atoms with E-state index in [0.29, 0.717) is 24.2 Å². The van der Waals surface area contributed by atoms with Crippen molar-refractivity contribution in [1.82, 2.24) is 5.32 Å². The van der Waals surface area contributed by atoms with Gasteiger partial charge in [0, 0.05) is 12.0 Å². The maximum Gasteiger partial charge on any atom is 0.328 e. The monoisotopic (exact) mass is 280 g/mol. The van der Waals surface area contributed by atoms with E-state index in [1.807, 2.05) is 0 Å². The minimum Gasteiger partial charge on any atom is -0.464 e. The molecule has 1 aliphatic heterocycles. The van der Waals surface area contributed by atoms with Crippen molar-refractivity contribution in [2.75, 3.05) is 6.61 Å². The molecule has 1 atom stereocenters. The van der Waals surface area contributed by atoms with Crippen molar-refractivity contribution in [2.24, 2.45) is 0 Å². The number of hydrogen-bond acceptors (Lipinski definition) is 6. The third kappa shape index (κ3) is 3.44. The fraction of sp³-hybridized carbons (Fsp3) is 0.333. The van der Waals surface area contributed by atoms with Crippen LogP contribution in [0.15, 0.2) is 24.3 Å². The standard InChI is InChI=1S/C12H12N2O6/c15-11(13-10-5-6-19-12(10)16)9-3-1-8(2-4-9)7-20-14(17)18/h1-4,10H,5-7H2,(H,13,15). The van der Waals surface area contributed by atoms with Crippen LogP contribution >= 0.6 is 0 Å². The first-order valence-corrected chi connectivity index (χ1v) is 5.90. The number of amides is 1. The molecule has 0 radical (unpaired) electrons. The van der Waals surface area contributed by atoms with Gasteiger partial charge in [-0.3, -0.25) is 4.79 Å². The normalized spacial score (nSPS) is 17.4. The topological polar surface area (TPSA) is 108 Å². The summed E-state index contributed by atoms with van der Waals surface area (Å²) in [6.07, 6.45) is 0.458. The molecular formula is C12H12N2O6. The zero-order valence-corrected chi connectivity index (χ0v) is 10.4. The predicted molar refractivity (Wildman–Crippen MR) is 65.1 cm³/mol. The Kier molecular flexibility index (Phi) is 4.14. The molecule has 106 valence electrons. The highest BCUT2D eigenvalue weighted by Crippen LogP contribution is 2.09. The van der Waals surface area contributed by atoms with Crippen LogP contribution in [0.1, 0.15) is 22.3 Å². The van der Waals surface area contributed by atoms with Crippen LogP contribution in [0.25, 0.3) is 0 Å². The molecule has 8 nitrogen and oxygen atoms in total. The Morgan fingerprint density at radius 2 is 2.15 bits per heavy atom. The molecule has 1 fully saturated rings. The van der Waals surface area contributed by atoms with Crippen LogP contribution in [-0.2, 0) is 21.0 Å². The summed E-state index contributed by atoms with van der Waals surface area (Å²) < 4.78 is 4.74. The second kappa shape index (κ2) is 6.00. The summed E-state index contributed by atoms with van der Waals surface area (Å²) in [5.41, 5.74) is 0.924. The Hall–Kier alpha value is -2.64. The third-order valence-electron chi connectivity index (χ3n) is 2.79. The predicted octanol–water partition coefficient (Wildman–Crippen LogP) is 0.440. The van der Waals surface area contributed by atoms with Crippen LogP contribution in [0, 0.1) is 10.1 Å². The zero-order chi connectivity index (χ0) is 14.5. The number of esters is 1. The van der Waals surface area contributed by atoms with Gasteiger partial charge in [-0.15, -0.1) is 10.1 Å². The van der Waals surface area contributed by atoms with E-state index < -0.39 is 23.0 Å². The molecule has 8 heteroatoms. The summed E-state index contributed by atoms with van der Waals surface area (Å²) in [4.78, 5) is 37.3. The highest BCUT2D eigenvalue weighted by Gasteiger charge is 2.28. The number of carbonyl (C=O) groups excluding carboxylic acids is 2. The lowest BCUT2D eigenvalue weighted by Gasteiger charge is -2.09. The van der Waals surface area contributed by atoms with E-state index >= 15 is 0 Å². The molecule has 0 spiro atoms. The van der Waals surface area contributed by atoms with E-state index in [-0.39, 0.29) is 6.61 Å². The maximum absolute atomic E-state index is 11.9. The van der Waals surface area contributed by atoms with Crippen LogP contribution in [0.2, 0.25) is 0 Å². The Labute approximate surface area is 113 Å². The molecule has 1 amide bonds. The number of hydrogen-bond donors (Lipinski definition) is 1. The lowest BCUT2D eigenvalue weighted by Crippen LogP contribution is -2.37. The van der Waals surface area contributed by atoms with Gasteiger partial charge in [-0.05, 0) is 17.7 Å². The van der Waals surface area contributed by atoms with Gasteiger partial charge in [-0.25, -0.2) is 4.79 Å². The quantitative estimate of drug-likeness (QED) is 0.476. The van der Waals surface area contributed by atoms with Gasteiger partial charge in [0.2, 0.25) is 0 Å². The molecule has 1 aliphatic rings. The molecule has 0 bridgehead atoms.